The Morgan fingerprint density at radius 3 is 2.46 bits per heavy atom. The van der Waals surface area contributed by atoms with Crippen LogP contribution in [0.4, 0.5) is 10.6 Å². The van der Waals surface area contributed by atoms with E-state index in [2.05, 4.69) is 20.9 Å². The van der Waals surface area contributed by atoms with Crippen LogP contribution < -0.4 is 16.0 Å². The third-order valence-electron chi connectivity index (χ3n) is 6.28. The molecule has 12 heteroatoms. The molecule has 2 aromatic rings. The number of carbonyl (C=O) groups excluding carboxylic acids is 3. The van der Waals surface area contributed by atoms with Crippen molar-refractivity contribution in [3.05, 3.63) is 60.3 Å². The molecule has 12 nitrogen and oxygen atoms in total. The Bertz CT molecular complexity index is 1160. The van der Waals surface area contributed by atoms with Crippen LogP contribution >= 0.6 is 0 Å². The summed E-state index contributed by atoms with van der Waals surface area (Å²) >= 11 is 0. The summed E-state index contributed by atoms with van der Waals surface area (Å²) in [5.41, 5.74) is 0.556. The highest BCUT2D eigenvalue weighted by Crippen LogP contribution is 2.23. The number of carbonyl (C=O) groups is 4. The zero-order valence-electron chi connectivity index (χ0n) is 23.7. The second kappa shape index (κ2) is 15.0. The van der Waals surface area contributed by atoms with Gasteiger partial charge in [-0.05, 0) is 29.5 Å². The Kier molecular flexibility index (Phi) is 11.5. The van der Waals surface area contributed by atoms with Gasteiger partial charge in [0.1, 0.15) is 25.1 Å². The minimum absolute atomic E-state index is 0.127. The van der Waals surface area contributed by atoms with Crippen LogP contribution in [0, 0.1) is 5.41 Å². The Labute approximate surface area is 239 Å². The maximum atomic E-state index is 13.0. The number of anilines is 1. The molecule has 1 aromatic carbocycles. The summed E-state index contributed by atoms with van der Waals surface area (Å²) in [6.45, 7) is 5.73. The molecular weight excluding hydrogens is 530 g/mol. The third-order valence-corrected chi connectivity index (χ3v) is 6.28. The van der Waals surface area contributed by atoms with E-state index in [0.717, 1.165) is 5.56 Å². The number of hydrogen-bond acceptors (Lipinski definition) is 8. The van der Waals surface area contributed by atoms with Gasteiger partial charge in [-0.25, -0.2) is 14.6 Å². The van der Waals surface area contributed by atoms with Gasteiger partial charge in [0.05, 0.1) is 18.7 Å². The lowest BCUT2D eigenvalue weighted by Gasteiger charge is -2.24. The molecule has 1 fully saturated rings. The van der Waals surface area contributed by atoms with Gasteiger partial charge < -0.3 is 35.4 Å². The van der Waals surface area contributed by atoms with Gasteiger partial charge in [-0.2, -0.15) is 0 Å². The molecular formula is C29H39N5O7. The number of nitrogens with one attached hydrogen (secondary N) is 3. The number of benzene rings is 1. The van der Waals surface area contributed by atoms with E-state index >= 15 is 0 Å². The zero-order valence-corrected chi connectivity index (χ0v) is 23.7. The van der Waals surface area contributed by atoms with Crippen LogP contribution in [0.3, 0.4) is 0 Å². The number of amides is 3. The molecule has 0 bridgehead atoms. The van der Waals surface area contributed by atoms with Gasteiger partial charge in [0.15, 0.2) is 0 Å². The first-order valence-corrected chi connectivity index (χ1v) is 13.5. The van der Waals surface area contributed by atoms with Gasteiger partial charge in [-0.3, -0.25) is 9.59 Å². The summed E-state index contributed by atoms with van der Waals surface area (Å²) in [4.78, 5) is 54.9. The maximum Gasteiger partial charge on any atom is 0.410 e. The predicted molar refractivity (Wildman–Crippen MR) is 151 cm³/mol. The van der Waals surface area contributed by atoms with Crippen molar-refractivity contribution in [1.82, 2.24) is 20.5 Å². The first kappa shape index (κ1) is 31.3. The van der Waals surface area contributed by atoms with Gasteiger partial charge in [-0.15, -0.1) is 0 Å². The fourth-order valence-corrected chi connectivity index (χ4v) is 4.29. The Morgan fingerprint density at radius 1 is 1.07 bits per heavy atom. The quantitative estimate of drug-likeness (QED) is 0.284. The average Bonchev–Trinajstić information content (AvgIpc) is 3.35. The monoisotopic (exact) mass is 569 g/mol. The van der Waals surface area contributed by atoms with Crippen LogP contribution in [0.25, 0.3) is 0 Å². The number of aromatic nitrogens is 1. The number of ether oxygens (including phenoxy) is 2. The fraction of sp³-hybridized carbons (Fsp3) is 0.483. The molecule has 3 rings (SSSR count). The Balaban J connectivity index is 1.51. The van der Waals surface area contributed by atoms with Gasteiger partial charge in [0.25, 0.3) is 0 Å². The molecule has 0 aliphatic carbocycles. The van der Waals surface area contributed by atoms with Gasteiger partial charge in [-0.1, -0.05) is 57.2 Å². The Morgan fingerprint density at radius 2 is 1.80 bits per heavy atom. The topological polar surface area (TPSA) is 159 Å². The molecule has 4 N–H and O–H groups in total. The lowest BCUT2D eigenvalue weighted by atomic mass is 9.92. The molecule has 2 heterocycles. The molecule has 1 saturated heterocycles. The van der Waals surface area contributed by atoms with E-state index in [-0.39, 0.29) is 44.2 Å². The van der Waals surface area contributed by atoms with Crippen LogP contribution in [0.5, 0.6) is 0 Å². The summed E-state index contributed by atoms with van der Waals surface area (Å²) in [6.07, 6.45) is 1.33. The lowest BCUT2D eigenvalue weighted by molar-refractivity contribution is -0.142. The van der Waals surface area contributed by atoms with Gasteiger partial charge in [0, 0.05) is 25.7 Å². The molecule has 0 spiro atoms. The molecule has 0 radical (unpaired) electrons. The highest BCUT2D eigenvalue weighted by atomic mass is 16.6. The normalized spacial score (nSPS) is 17.4. The number of pyridine rings is 1. The number of carboxylic acids is 1. The average molecular weight is 570 g/mol. The van der Waals surface area contributed by atoms with Crippen molar-refractivity contribution in [3.63, 3.8) is 0 Å². The molecule has 3 amide bonds. The van der Waals surface area contributed by atoms with Crippen LogP contribution in [-0.2, 0) is 30.5 Å². The van der Waals surface area contributed by atoms with Crippen molar-refractivity contribution < 1.29 is 33.8 Å². The van der Waals surface area contributed by atoms with E-state index in [1.165, 1.54) is 0 Å². The van der Waals surface area contributed by atoms with Crippen molar-refractivity contribution in [2.75, 3.05) is 31.6 Å². The van der Waals surface area contributed by atoms with E-state index in [1.807, 2.05) is 63.2 Å². The molecule has 1 aliphatic heterocycles. The second-order valence-electron chi connectivity index (χ2n) is 11.1. The highest BCUT2D eigenvalue weighted by molar-refractivity contribution is 5.85. The lowest BCUT2D eigenvalue weighted by Crippen LogP contribution is -2.49. The first-order valence-electron chi connectivity index (χ1n) is 13.5. The molecule has 3 atom stereocenters. The number of rotatable bonds is 13. The molecule has 1 aromatic heterocycles. The van der Waals surface area contributed by atoms with E-state index < -0.39 is 36.0 Å². The summed E-state index contributed by atoms with van der Waals surface area (Å²) in [5, 5.41) is 17.6. The number of hydrogen-bond donors (Lipinski definition) is 4. The van der Waals surface area contributed by atoms with E-state index in [9.17, 15) is 24.3 Å². The summed E-state index contributed by atoms with van der Waals surface area (Å²) in [6, 6.07) is 13.3. The summed E-state index contributed by atoms with van der Waals surface area (Å²) in [7, 11) is 0. The predicted octanol–water partition coefficient (Wildman–Crippen LogP) is 2.41. The fourth-order valence-electron chi connectivity index (χ4n) is 4.29. The third kappa shape index (κ3) is 11.1. The largest absolute Gasteiger partial charge is 0.480 e. The van der Waals surface area contributed by atoms with Gasteiger partial charge >= 0.3 is 12.1 Å². The molecule has 1 aliphatic rings. The molecule has 222 valence electrons. The SMILES string of the molecule is CC(C)(C)CC(=O)N[C@@H](CNC(=O)CO[C@@H]1C[C@@H](CNc2ccccn2)N(C(=O)OCc2ccccc2)C1)C(=O)O. The number of likely N-dealkylation sites (tertiary alicyclic amines) is 1. The van der Waals surface area contributed by atoms with Crippen molar-refractivity contribution in [2.24, 2.45) is 5.41 Å². The molecule has 0 unspecified atom stereocenters. The number of aliphatic carboxylic acids is 1. The van der Waals surface area contributed by atoms with Crippen molar-refractivity contribution in [2.45, 2.75) is 58.4 Å². The van der Waals surface area contributed by atoms with Crippen LogP contribution in [0.1, 0.15) is 39.2 Å². The standard InChI is InChI=1S/C29H39N5O7/c1-29(2,3)14-25(35)33-23(27(37)38)16-32-26(36)19-40-22-13-21(15-31-24-11-7-8-12-30-24)34(17-22)28(39)41-18-20-9-5-4-6-10-20/h4-12,21-23H,13-19H2,1-3H3,(H,30,31)(H,32,36)(H,33,35)(H,37,38)/t21-,22+,23-/m0/s1. The van der Waals surface area contributed by atoms with Crippen molar-refractivity contribution in [1.29, 1.82) is 0 Å². The van der Waals surface area contributed by atoms with Crippen LogP contribution in [-0.4, -0.2) is 83.3 Å². The van der Waals surface area contributed by atoms with Crippen LogP contribution in [0.15, 0.2) is 54.7 Å². The molecule has 41 heavy (non-hydrogen) atoms. The second-order valence-corrected chi connectivity index (χ2v) is 11.1. The van der Waals surface area contributed by atoms with Crippen molar-refractivity contribution >= 4 is 29.7 Å². The van der Waals surface area contributed by atoms with Crippen LogP contribution in [0.2, 0.25) is 0 Å². The Hall–Kier alpha value is -4.19. The van der Waals surface area contributed by atoms with Gasteiger partial charge in [0.2, 0.25) is 11.8 Å². The highest BCUT2D eigenvalue weighted by Gasteiger charge is 2.37. The number of carboxylic acid groups (broad SMARTS) is 1. The number of nitrogens with zero attached hydrogens (tertiary/aromatic N) is 2. The van der Waals surface area contributed by atoms with E-state index in [1.54, 1.807) is 17.2 Å². The summed E-state index contributed by atoms with van der Waals surface area (Å²) in [5.74, 6) is -1.53. The zero-order chi connectivity index (χ0) is 29.8. The maximum absolute atomic E-state index is 13.0. The van der Waals surface area contributed by atoms with E-state index in [0.29, 0.717) is 18.8 Å². The minimum atomic E-state index is -1.27. The smallest absolute Gasteiger partial charge is 0.410 e. The first-order chi connectivity index (χ1) is 19.5. The summed E-state index contributed by atoms with van der Waals surface area (Å²) < 4.78 is 11.3. The van der Waals surface area contributed by atoms with E-state index in [4.69, 9.17) is 9.47 Å². The molecule has 0 saturated carbocycles. The minimum Gasteiger partial charge on any atom is -0.480 e. The van der Waals surface area contributed by atoms with Crippen molar-refractivity contribution in [3.8, 4) is 0 Å².